The summed E-state index contributed by atoms with van der Waals surface area (Å²) in [5, 5.41) is 8.07. The predicted octanol–water partition coefficient (Wildman–Crippen LogP) is 1.15. The summed E-state index contributed by atoms with van der Waals surface area (Å²) >= 11 is 1.05. The quantitative estimate of drug-likeness (QED) is 0.342. The normalized spacial score (nSPS) is 10.7. The Morgan fingerprint density at radius 2 is 2.47 bits per heavy atom. The third-order valence-corrected chi connectivity index (χ3v) is 2.30. The van der Waals surface area contributed by atoms with E-state index in [1.54, 1.807) is 20.2 Å². The van der Waals surface area contributed by atoms with Crippen molar-refractivity contribution in [2.45, 2.75) is 13.3 Å². The van der Waals surface area contributed by atoms with E-state index in [0.717, 1.165) is 11.5 Å². The van der Waals surface area contributed by atoms with Crippen molar-refractivity contribution in [3.63, 3.8) is 0 Å². The van der Waals surface area contributed by atoms with Crippen molar-refractivity contribution >= 4 is 28.7 Å². The third-order valence-electron chi connectivity index (χ3n) is 1.67. The lowest BCUT2D eigenvalue weighted by molar-refractivity contribution is 0.0520. The van der Waals surface area contributed by atoms with E-state index in [-0.39, 0.29) is 5.69 Å². The van der Waals surface area contributed by atoms with Gasteiger partial charge in [0, 0.05) is 31.3 Å². The molecule has 8 heteroatoms. The Balaban J connectivity index is 2.51. The van der Waals surface area contributed by atoms with E-state index in [1.165, 1.54) is 0 Å². The molecule has 1 N–H and O–H groups in total. The highest BCUT2D eigenvalue weighted by Crippen LogP contribution is 2.18. The lowest BCUT2D eigenvalue weighted by Gasteiger charge is -1.99. The first-order chi connectivity index (χ1) is 8.29. The first-order valence-corrected chi connectivity index (χ1v) is 5.82. The van der Waals surface area contributed by atoms with Gasteiger partial charge in [-0.25, -0.2) is 4.79 Å². The fourth-order valence-corrected chi connectivity index (χ4v) is 1.44. The zero-order chi connectivity index (χ0) is 12.5. The predicted molar refractivity (Wildman–Crippen MR) is 64.5 cm³/mol. The molecular formula is C9H14N4O3S. The standard InChI is InChI=1S/C9H14N4O3S/c1-3-16-9(14)7-8(17-13-11-7)12-10-5-4-6-15-2/h5,12H,3-4,6H2,1-2H3. The van der Waals surface area contributed by atoms with Crippen molar-refractivity contribution in [2.24, 2.45) is 5.10 Å². The van der Waals surface area contributed by atoms with Crippen LogP contribution in [0, 0.1) is 0 Å². The zero-order valence-electron chi connectivity index (χ0n) is 9.67. The van der Waals surface area contributed by atoms with Crippen LogP contribution in [0.25, 0.3) is 0 Å². The molecule has 1 rings (SSSR count). The van der Waals surface area contributed by atoms with Crippen LogP contribution in [0.4, 0.5) is 5.00 Å². The van der Waals surface area contributed by atoms with E-state index in [0.29, 0.717) is 24.6 Å². The number of methoxy groups -OCH3 is 1. The number of carbonyl (C=O) groups excluding carboxylic acids is 1. The number of hydrogen-bond acceptors (Lipinski definition) is 8. The van der Waals surface area contributed by atoms with Gasteiger partial charge >= 0.3 is 5.97 Å². The van der Waals surface area contributed by atoms with E-state index < -0.39 is 5.97 Å². The fraction of sp³-hybridized carbons (Fsp3) is 0.556. The highest BCUT2D eigenvalue weighted by molar-refractivity contribution is 7.10. The van der Waals surface area contributed by atoms with E-state index in [2.05, 4.69) is 20.1 Å². The molecule has 94 valence electrons. The average Bonchev–Trinajstić information content (AvgIpc) is 2.77. The molecule has 0 amide bonds. The minimum absolute atomic E-state index is 0.153. The summed E-state index contributed by atoms with van der Waals surface area (Å²) in [5.74, 6) is -0.504. The van der Waals surface area contributed by atoms with Crippen LogP contribution in [0.15, 0.2) is 5.10 Å². The summed E-state index contributed by atoms with van der Waals surface area (Å²) in [6.45, 7) is 2.62. The van der Waals surface area contributed by atoms with E-state index in [4.69, 9.17) is 9.47 Å². The number of esters is 1. The number of anilines is 1. The molecule has 0 unspecified atom stereocenters. The molecule has 1 heterocycles. The molecule has 0 saturated carbocycles. The van der Waals surface area contributed by atoms with Crippen molar-refractivity contribution in [1.29, 1.82) is 0 Å². The highest BCUT2D eigenvalue weighted by atomic mass is 32.1. The second-order valence-corrected chi connectivity index (χ2v) is 3.63. The summed E-state index contributed by atoms with van der Waals surface area (Å²) in [6, 6.07) is 0. The molecule has 17 heavy (non-hydrogen) atoms. The van der Waals surface area contributed by atoms with Crippen LogP contribution in [0.5, 0.6) is 0 Å². The van der Waals surface area contributed by atoms with Gasteiger partial charge in [0.1, 0.15) is 0 Å². The Kier molecular flexibility index (Phi) is 6.12. The first kappa shape index (κ1) is 13.5. The summed E-state index contributed by atoms with van der Waals surface area (Å²) in [7, 11) is 1.62. The van der Waals surface area contributed by atoms with Gasteiger partial charge in [0.15, 0.2) is 5.00 Å². The SMILES string of the molecule is CCOC(=O)c1nnsc1NN=CCCOC. The lowest BCUT2D eigenvalue weighted by atomic mass is 10.5. The smallest absolute Gasteiger partial charge is 0.362 e. The van der Waals surface area contributed by atoms with Crippen LogP contribution >= 0.6 is 11.5 Å². The number of hydrazone groups is 1. The maximum absolute atomic E-state index is 11.4. The van der Waals surface area contributed by atoms with Gasteiger partial charge in [-0.3, -0.25) is 5.43 Å². The molecule has 0 fully saturated rings. The van der Waals surface area contributed by atoms with Crippen LogP contribution < -0.4 is 5.43 Å². The molecule has 7 nitrogen and oxygen atoms in total. The maximum Gasteiger partial charge on any atom is 0.362 e. The van der Waals surface area contributed by atoms with Crippen LogP contribution in [0.2, 0.25) is 0 Å². The molecule has 0 aromatic carbocycles. The van der Waals surface area contributed by atoms with Crippen molar-refractivity contribution in [1.82, 2.24) is 9.59 Å². The molecule has 1 aromatic rings. The number of rotatable bonds is 7. The van der Waals surface area contributed by atoms with Crippen LogP contribution in [0.3, 0.4) is 0 Å². The van der Waals surface area contributed by atoms with Crippen LogP contribution in [-0.4, -0.2) is 42.1 Å². The monoisotopic (exact) mass is 258 g/mol. The van der Waals surface area contributed by atoms with Gasteiger partial charge in [-0.1, -0.05) is 4.49 Å². The van der Waals surface area contributed by atoms with E-state index in [1.807, 2.05) is 0 Å². The Bertz CT molecular complexity index is 380. The largest absolute Gasteiger partial charge is 0.461 e. The maximum atomic E-state index is 11.4. The zero-order valence-corrected chi connectivity index (χ0v) is 10.5. The number of nitrogens with one attached hydrogen (secondary N) is 1. The second-order valence-electron chi connectivity index (χ2n) is 2.88. The summed E-state index contributed by atoms with van der Waals surface area (Å²) < 4.78 is 13.4. The fourth-order valence-electron chi connectivity index (χ4n) is 0.936. The van der Waals surface area contributed by atoms with E-state index in [9.17, 15) is 4.79 Å². The van der Waals surface area contributed by atoms with Gasteiger partial charge in [0.05, 0.1) is 13.2 Å². The molecule has 1 aromatic heterocycles. The third kappa shape index (κ3) is 4.45. The highest BCUT2D eigenvalue weighted by Gasteiger charge is 2.16. The Morgan fingerprint density at radius 1 is 1.65 bits per heavy atom. The van der Waals surface area contributed by atoms with E-state index >= 15 is 0 Å². The lowest BCUT2D eigenvalue weighted by Crippen LogP contribution is -2.07. The summed E-state index contributed by atoms with van der Waals surface area (Å²) in [6.07, 6.45) is 2.34. The van der Waals surface area contributed by atoms with Gasteiger partial charge in [0.2, 0.25) is 5.69 Å². The number of nitrogens with zero attached hydrogens (tertiary/aromatic N) is 3. The second kappa shape index (κ2) is 7.69. The van der Waals surface area contributed by atoms with Gasteiger partial charge in [-0.05, 0) is 6.92 Å². The Hall–Kier alpha value is -1.54. The Morgan fingerprint density at radius 3 is 3.18 bits per heavy atom. The van der Waals surface area contributed by atoms with Gasteiger partial charge < -0.3 is 9.47 Å². The molecule has 0 spiro atoms. The molecule has 0 aliphatic rings. The molecule has 0 aliphatic carbocycles. The van der Waals surface area contributed by atoms with Crippen molar-refractivity contribution in [3.05, 3.63) is 5.69 Å². The summed E-state index contributed by atoms with van der Waals surface area (Å²) in [5.41, 5.74) is 2.85. The molecule has 0 bridgehead atoms. The topological polar surface area (TPSA) is 85.7 Å². The summed E-state index contributed by atoms with van der Waals surface area (Å²) in [4.78, 5) is 11.4. The minimum atomic E-state index is -0.504. The Labute approximate surface area is 103 Å². The van der Waals surface area contributed by atoms with Crippen LogP contribution in [-0.2, 0) is 9.47 Å². The average molecular weight is 258 g/mol. The molecule has 0 aliphatic heterocycles. The number of carbonyl (C=O) groups is 1. The first-order valence-electron chi connectivity index (χ1n) is 5.05. The number of aromatic nitrogens is 2. The van der Waals surface area contributed by atoms with Crippen LogP contribution in [0.1, 0.15) is 23.8 Å². The minimum Gasteiger partial charge on any atom is -0.461 e. The number of hydrogen-bond donors (Lipinski definition) is 1. The van der Waals surface area contributed by atoms with Crippen molar-refractivity contribution < 1.29 is 14.3 Å². The van der Waals surface area contributed by atoms with Crippen molar-refractivity contribution in [2.75, 3.05) is 25.7 Å². The molecular weight excluding hydrogens is 244 g/mol. The molecule has 0 radical (unpaired) electrons. The molecule has 0 saturated heterocycles. The molecule has 0 atom stereocenters. The van der Waals surface area contributed by atoms with Gasteiger partial charge in [-0.15, -0.1) is 5.10 Å². The van der Waals surface area contributed by atoms with Gasteiger partial charge in [-0.2, -0.15) is 5.10 Å². The number of ether oxygens (including phenoxy) is 2. The van der Waals surface area contributed by atoms with Gasteiger partial charge in [0.25, 0.3) is 0 Å². The van der Waals surface area contributed by atoms with Crippen molar-refractivity contribution in [3.8, 4) is 0 Å².